The highest BCUT2D eigenvalue weighted by Crippen LogP contribution is 1.66. The molecule has 0 unspecified atom stereocenters. The lowest BCUT2D eigenvalue weighted by Gasteiger charge is -1.73. The van der Waals surface area contributed by atoms with Crippen LogP contribution in [0.25, 0.3) is 0 Å². The van der Waals surface area contributed by atoms with E-state index in [1.54, 1.807) is 0 Å². The summed E-state index contributed by atoms with van der Waals surface area (Å²) in [7, 11) is 0. The van der Waals surface area contributed by atoms with Crippen LogP contribution in [0.3, 0.4) is 0 Å². The number of hydrogen-bond acceptors (Lipinski definition) is 2. The van der Waals surface area contributed by atoms with Crippen LogP contribution in [-0.4, -0.2) is 11.6 Å². The predicted octanol–water partition coefficient (Wildman–Crippen LogP) is 0.967. The van der Waals surface area contributed by atoms with Crippen molar-refractivity contribution in [1.29, 1.82) is 0 Å². The quantitative estimate of drug-likeness (QED) is 0.376. The van der Waals surface area contributed by atoms with Gasteiger partial charge in [0.05, 0.1) is 0 Å². The molecule has 2 nitrogen and oxygen atoms in total. The molecule has 0 aliphatic rings. The fourth-order valence-corrected chi connectivity index (χ4v) is 0. The summed E-state index contributed by atoms with van der Waals surface area (Å²) in [5, 5.41) is 0. The first-order chi connectivity index (χ1) is 3.64. The van der Waals surface area contributed by atoms with Crippen LogP contribution < -0.4 is 0 Å². The van der Waals surface area contributed by atoms with Crippen molar-refractivity contribution < 1.29 is 9.59 Å². The molecule has 0 aromatic heterocycles. The minimum absolute atomic E-state index is 0.380. The predicted molar refractivity (Wildman–Crippen MR) is 32.6 cm³/mol. The first-order valence-electron chi connectivity index (χ1n) is 2.16. The summed E-state index contributed by atoms with van der Waals surface area (Å²) >= 11 is 0. The van der Waals surface area contributed by atoms with E-state index in [9.17, 15) is 9.59 Å². The lowest BCUT2D eigenvalue weighted by molar-refractivity contribution is -0.134. The van der Waals surface area contributed by atoms with Crippen molar-refractivity contribution in [3.63, 3.8) is 0 Å². The van der Waals surface area contributed by atoms with Crippen molar-refractivity contribution in [3.05, 3.63) is 13.2 Å². The van der Waals surface area contributed by atoms with E-state index in [1.165, 1.54) is 13.8 Å². The van der Waals surface area contributed by atoms with Gasteiger partial charge >= 0.3 is 0 Å². The Hall–Kier alpha value is -0.920. The Balaban J connectivity index is 0. The highest BCUT2D eigenvalue weighted by atomic mass is 16.2. The maximum atomic E-state index is 9.79. The van der Waals surface area contributed by atoms with Gasteiger partial charge < -0.3 is 0 Å². The summed E-state index contributed by atoms with van der Waals surface area (Å²) in [5.74, 6) is -0.759. The Morgan fingerprint density at radius 3 is 1.12 bits per heavy atom. The molecule has 8 heavy (non-hydrogen) atoms. The molecular weight excluding hydrogens is 104 g/mol. The Morgan fingerprint density at radius 1 is 1.00 bits per heavy atom. The second-order valence-corrected chi connectivity index (χ2v) is 1.11. The molecule has 0 aliphatic carbocycles. The molecule has 0 saturated heterocycles. The Kier molecular flexibility index (Phi) is 7.71. The average Bonchev–Trinajstić information content (AvgIpc) is 1.72. The van der Waals surface area contributed by atoms with Gasteiger partial charge in [-0.25, -0.2) is 0 Å². The molecule has 0 N–H and O–H groups in total. The van der Waals surface area contributed by atoms with Crippen molar-refractivity contribution >= 4 is 11.6 Å². The highest BCUT2D eigenvalue weighted by molar-refractivity contribution is 6.35. The zero-order valence-corrected chi connectivity index (χ0v) is 5.23. The van der Waals surface area contributed by atoms with Gasteiger partial charge in [0, 0.05) is 13.8 Å². The molecule has 0 amide bonds. The van der Waals surface area contributed by atoms with Gasteiger partial charge in [0.25, 0.3) is 0 Å². The normalized spacial score (nSPS) is 6.25. The third-order valence-electron chi connectivity index (χ3n) is 0.496. The smallest absolute Gasteiger partial charge is 0.195 e. The Bertz CT molecular complexity index is 82.7. The van der Waals surface area contributed by atoms with E-state index in [0.29, 0.717) is 0 Å². The number of carbonyl (C=O) groups excluding carboxylic acids is 2. The third-order valence-corrected chi connectivity index (χ3v) is 0.496. The minimum Gasteiger partial charge on any atom is -0.291 e. The van der Waals surface area contributed by atoms with Gasteiger partial charge in [-0.3, -0.25) is 9.59 Å². The first kappa shape index (κ1) is 10.1. The van der Waals surface area contributed by atoms with Crippen molar-refractivity contribution in [1.82, 2.24) is 0 Å². The van der Waals surface area contributed by atoms with Crippen molar-refractivity contribution in [2.75, 3.05) is 0 Å². The molecular formula is C6H10O2. The van der Waals surface area contributed by atoms with Crippen LogP contribution in [0.15, 0.2) is 13.2 Å². The zero-order valence-electron chi connectivity index (χ0n) is 5.23. The molecule has 0 aromatic rings. The Labute approximate surface area is 49.2 Å². The SMILES string of the molecule is C=C.CC(=O)C(C)=O. The van der Waals surface area contributed by atoms with Crippen LogP contribution in [0.1, 0.15) is 13.8 Å². The average molecular weight is 114 g/mol. The van der Waals surface area contributed by atoms with Crippen LogP contribution in [0.5, 0.6) is 0 Å². The van der Waals surface area contributed by atoms with E-state index in [2.05, 4.69) is 13.2 Å². The summed E-state index contributed by atoms with van der Waals surface area (Å²) < 4.78 is 0. The highest BCUT2D eigenvalue weighted by Gasteiger charge is 1.94. The number of carbonyl (C=O) groups is 2. The van der Waals surface area contributed by atoms with Crippen molar-refractivity contribution in [2.24, 2.45) is 0 Å². The largest absolute Gasteiger partial charge is 0.291 e. The van der Waals surface area contributed by atoms with Gasteiger partial charge in [0.2, 0.25) is 0 Å². The number of rotatable bonds is 1. The van der Waals surface area contributed by atoms with E-state index < -0.39 is 0 Å². The molecule has 2 heteroatoms. The molecule has 0 saturated carbocycles. The topological polar surface area (TPSA) is 34.1 Å². The van der Waals surface area contributed by atoms with Crippen molar-refractivity contribution in [2.45, 2.75) is 13.8 Å². The number of Topliss-reactive ketones (excluding diaryl/α,β-unsaturated/α-hetero) is 2. The summed E-state index contributed by atoms with van der Waals surface area (Å²) in [4.78, 5) is 19.6. The zero-order chi connectivity index (χ0) is 7.15. The van der Waals surface area contributed by atoms with Gasteiger partial charge in [0.15, 0.2) is 11.6 Å². The summed E-state index contributed by atoms with van der Waals surface area (Å²) in [6.07, 6.45) is 0. The maximum absolute atomic E-state index is 9.79. The fourth-order valence-electron chi connectivity index (χ4n) is 0. The molecule has 46 valence electrons. The number of hydrogen-bond donors (Lipinski definition) is 0. The van der Waals surface area contributed by atoms with Crippen LogP contribution in [-0.2, 0) is 9.59 Å². The van der Waals surface area contributed by atoms with Gasteiger partial charge in [-0.2, -0.15) is 0 Å². The standard InChI is InChI=1S/C4H6O2.C2H4/c1-3(5)4(2)6;1-2/h1-2H3;1-2H2. The Morgan fingerprint density at radius 2 is 1.12 bits per heavy atom. The second-order valence-electron chi connectivity index (χ2n) is 1.11. The lowest BCUT2D eigenvalue weighted by Crippen LogP contribution is -2.01. The van der Waals surface area contributed by atoms with E-state index in [-0.39, 0.29) is 11.6 Å². The lowest BCUT2D eigenvalue weighted by atomic mass is 10.3. The minimum atomic E-state index is -0.380. The molecule has 0 spiro atoms. The molecule has 0 radical (unpaired) electrons. The van der Waals surface area contributed by atoms with E-state index >= 15 is 0 Å². The van der Waals surface area contributed by atoms with E-state index in [4.69, 9.17) is 0 Å². The molecule has 0 aliphatic heterocycles. The summed E-state index contributed by atoms with van der Waals surface area (Å²) in [6.45, 7) is 8.50. The van der Waals surface area contributed by atoms with Crippen LogP contribution in [0.2, 0.25) is 0 Å². The van der Waals surface area contributed by atoms with E-state index in [1.807, 2.05) is 0 Å². The van der Waals surface area contributed by atoms with Crippen molar-refractivity contribution in [3.8, 4) is 0 Å². The van der Waals surface area contributed by atoms with Gasteiger partial charge in [-0.1, -0.05) is 0 Å². The molecule has 0 rings (SSSR count). The van der Waals surface area contributed by atoms with Gasteiger partial charge in [0.1, 0.15) is 0 Å². The third kappa shape index (κ3) is 8.91. The summed E-state index contributed by atoms with van der Waals surface area (Å²) in [5.41, 5.74) is 0. The molecule has 0 heterocycles. The monoisotopic (exact) mass is 114 g/mol. The molecule has 0 bridgehead atoms. The second kappa shape index (κ2) is 6.08. The van der Waals surface area contributed by atoms with Gasteiger partial charge in [-0.15, -0.1) is 13.2 Å². The van der Waals surface area contributed by atoms with Crippen LogP contribution >= 0.6 is 0 Å². The van der Waals surface area contributed by atoms with Crippen LogP contribution in [0.4, 0.5) is 0 Å². The van der Waals surface area contributed by atoms with Crippen LogP contribution in [0, 0.1) is 0 Å². The van der Waals surface area contributed by atoms with Gasteiger partial charge in [-0.05, 0) is 0 Å². The number of ketones is 2. The van der Waals surface area contributed by atoms with E-state index in [0.717, 1.165) is 0 Å². The molecule has 0 atom stereocenters. The maximum Gasteiger partial charge on any atom is 0.195 e. The molecule has 0 fully saturated rings. The summed E-state index contributed by atoms with van der Waals surface area (Å²) in [6, 6.07) is 0. The first-order valence-corrected chi connectivity index (χ1v) is 2.16. The fraction of sp³-hybridized carbons (Fsp3) is 0.333. The molecule has 0 aromatic carbocycles.